The molecule has 5 nitrogen and oxygen atoms in total. The normalized spacial score (nSPS) is 10.6. The van der Waals surface area contributed by atoms with Gasteiger partial charge < -0.3 is 0 Å². The second kappa shape index (κ2) is 8.83. The quantitative estimate of drug-likeness (QED) is 0.375. The Labute approximate surface area is 167 Å². The van der Waals surface area contributed by atoms with Crippen molar-refractivity contribution in [2.45, 2.75) is 39.5 Å². The molecule has 0 aliphatic heterocycles. The second-order valence-electron chi connectivity index (χ2n) is 6.38. The SMILES string of the molecule is CCCc1[nH]nc2ccc(Br)cc12.[C-]#[N+]c1ccc2n[nH]c(CCC)c2c1. The largest absolute Gasteiger partial charge is 0.281 e. The van der Waals surface area contributed by atoms with Crippen LogP contribution in [0.5, 0.6) is 0 Å². The molecule has 0 saturated heterocycles. The number of fused-ring (bicyclic) bond motifs is 2. The fourth-order valence-corrected chi connectivity index (χ4v) is 3.40. The molecule has 0 radical (unpaired) electrons. The number of nitrogens with one attached hydrogen (secondary N) is 2. The van der Waals surface area contributed by atoms with Gasteiger partial charge in [0.1, 0.15) is 0 Å². The van der Waals surface area contributed by atoms with Crippen LogP contribution < -0.4 is 0 Å². The van der Waals surface area contributed by atoms with Crippen LogP contribution in [0.15, 0.2) is 40.9 Å². The summed E-state index contributed by atoms with van der Waals surface area (Å²) >= 11 is 3.46. The Morgan fingerprint density at radius 2 is 1.44 bits per heavy atom. The molecule has 6 heteroatoms. The first-order valence-corrected chi connectivity index (χ1v) is 9.92. The van der Waals surface area contributed by atoms with Gasteiger partial charge >= 0.3 is 0 Å². The Hall–Kier alpha value is -2.65. The van der Waals surface area contributed by atoms with Crippen LogP contribution in [-0.2, 0) is 12.8 Å². The molecule has 138 valence electrons. The molecule has 0 unspecified atom stereocenters. The lowest BCUT2D eigenvalue weighted by atomic mass is 10.1. The minimum absolute atomic E-state index is 0.677. The van der Waals surface area contributed by atoms with Gasteiger partial charge in [0.2, 0.25) is 0 Å². The number of aryl methyl sites for hydroxylation is 2. The van der Waals surface area contributed by atoms with E-state index in [4.69, 9.17) is 6.57 Å². The first-order valence-electron chi connectivity index (χ1n) is 9.13. The molecule has 2 aromatic carbocycles. The van der Waals surface area contributed by atoms with E-state index in [0.29, 0.717) is 5.69 Å². The van der Waals surface area contributed by atoms with Gasteiger partial charge in [-0.1, -0.05) is 48.7 Å². The van der Waals surface area contributed by atoms with Gasteiger partial charge in [-0.3, -0.25) is 10.2 Å². The molecule has 4 aromatic rings. The summed E-state index contributed by atoms with van der Waals surface area (Å²) in [6.07, 6.45) is 4.27. The highest BCUT2D eigenvalue weighted by atomic mass is 79.9. The lowest BCUT2D eigenvalue weighted by molar-refractivity contribution is 0.874. The molecule has 2 N–H and O–H groups in total. The van der Waals surface area contributed by atoms with Crippen molar-refractivity contribution in [1.29, 1.82) is 0 Å². The van der Waals surface area contributed by atoms with Crippen LogP contribution in [-0.4, -0.2) is 20.4 Å². The highest BCUT2D eigenvalue weighted by Gasteiger charge is 2.05. The maximum Gasteiger partial charge on any atom is 0.188 e. The van der Waals surface area contributed by atoms with E-state index in [1.807, 2.05) is 24.3 Å². The zero-order valence-electron chi connectivity index (χ0n) is 15.5. The van der Waals surface area contributed by atoms with Crippen LogP contribution in [0.4, 0.5) is 5.69 Å². The minimum Gasteiger partial charge on any atom is -0.281 e. The molecule has 0 amide bonds. The maximum atomic E-state index is 6.94. The number of aromatic amines is 2. The summed E-state index contributed by atoms with van der Waals surface area (Å²) in [6, 6.07) is 11.7. The highest BCUT2D eigenvalue weighted by molar-refractivity contribution is 9.10. The maximum absolute atomic E-state index is 6.94. The van der Waals surface area contributed by atoms with Crippen molar-refractivity contribution >= 4 is 43.4 Å². The van der Waals surface area contributed by atoms with E-state index in [-0.39, 0.29) is 0 Å². The van der Waals surface area contributed by atoms with Gasteiger partial charge in [-0.25, -0.2) is 4.85 Å². The van der Waals surface area contributed by atoms with Crippen LogP contribution in [0.1, 0.15) is 38.1 Å². The van der Waals surface area contributed by atoms with Crippen molar-refractivity contribution in [3.05, 3.63) is 63.7 Å². The Kier molecular flexibility index (Phi) is 6.25. The number of aromatic nitrogens is 4. The third kappa shape index (κ3) is 4.37. The monoisotopic (exact) mass is 423 g/mol. The van der Waals surface area contributed by atoms with E-state index in [1.165, 1.54) is 11.1 Å². The van der Waals surface area contributed by atoms with Gasteiger partial charge in [0.15, 0.2) is 5.69 Å². The number of hydrogen-bond acceptors (Lipinski definition) is 2. The van der Waals surface area contributed by atoms with E-state index in [0.717, 1.165) is 52.3 Å². The summed E-state index contributed by atoms with van der Waals surface area (Å²) in [5, 5.41) is 16.8. The van der Waals surface area contributed by atoms with Gasteiger partial charge in [0.05, 0.1) is 17.6 Å². The Bertz CT molecular complexity index is 1090. The minimum atomic E-state index is 0.677. The predicted molar refractivity (Wildman–Crippen MR) is 114 cm³/mol. The van der Waals surface area contributed by atoms with Crippen LogP contribution in [0.3, 0.4) is 0 Å². The zero-order valence-corrected chi connectivity index (χ0v) is 17.1. The summed E-state index contributed by atoms with van der Waals surface area (Å²) in [6.45, 7) is 11.2. The average molecular weight is 424 g/mol. The number of benzene rings is 2. The van der Waals surface area contributed by atoms with Crippen LogP contribution in [0.2, 0.25) is 0 Å². The standard InChI is InChI=1S/C11H11N3.C10H11BrN2/c1-3-4-10-9-7-8(12-2)5-6-11(9)14-13-10;1-2-3-9-8-6-7(11)4-5-10(8)13-12-9/h5-7H,3-4H2,1H3,(H,13,14);4-6H,2-3H2,1H3,(H,12,13). The van der Waals surface area contributed by atoms with Gasteiger partial charge in [0, 0.05) is 26.6 Å². The van der Waals surface area contributed by atoms with Crippen molar-refractivity contribution in [3.63, 3.8) is 0 Å². The molecule has 27 heavy (non-hydrogen) atoms. The molecule has 2 heterocycles. The average Bonchev–Trinajstić information content (AvgIpc) is 3.27. The number of halogens is 1. The molecule has 0 aliphatic rings. The zero-order chi connectivity index (χ0) is 19.2. The molecule has 0 aliphatic carbocycles. The summed E-state index contributed by atoms with van der Waals surface area (Å²) < 4.78 is 1.11. The fourth-order valence-electron chi connectivity index (χ4n) is 3.04. The van der Waals surface area contributed by atoms with E-state index < -0.39 is 0 Å². The lowest BCUT2D eigenvalue weighted by Gasteiger charge is -1.94. The summed E-state index contributed by atoms with van der Waals surface area (Å²) in [5.41, 5.74) is 5.04. The highest BCUT2D eigenvalue weighted by Crippen LogP contribution is 2.23. The van der Waals surface area contributed by atoms with Crippen molar-refractivity contribution < 1.29 is 0 Å². The molecule has 0 atom stereocenters. The van der Waals surface area contributed by atoms with Crippen molar-refractivity contribution in [2.24, 2.45) is 0 Å². The topological polar surface area (TPSA) is 61.7 Å². The number of hydrogen-bond donors (Lipinski definition) is 2. The first-order chi connectivity index (χ1) is 13.2. The molecular formula is C21H22BrN5. The molecule has 2 aromatic heterocycles. The Morgan fingerprint density at radius 1 is 0.889 bits per heavy atom. The van der Waals surface area contributed by atoms with Crippen LogP contribution in [0, 0.1) is 6.57 Å². The van der Waals surface area contributed by atoms with Crippen molar-refractivity contribution in [1.82, 2.24) is 20.4 Å². The molecule has 4 rings (SSSR count). The number of nitrogens with zero attached hydrogens (tertiary/aromatic N) is 3. The summed E-state index contributed by atoms with van der Waals surface area (Å²) in [7, 11) is 0. The van der Waals surface area contributed by atoms with E-state index >= 15 is 0 Å². The Balaban J connectivity index is 0.000000156. The lowest BCUT2D eigenvalue weighted by Crippen LogP contribution is -1.82. The second-order valence-corrected chi connectivity index (χ2v) is 7.29. The van der Waals surface area contributed by atoms with Gasteiger partial charge in [-0.2, -0.15) is 10.2 Å². The Morgan fingerprint density at radius 3 is 2.00 bits per heavy atom. The van der Waals surface area contributed by atoms with Crippen molar-refractivity contribution in [2.75, 3.05) is 0 Å². The van der Waals surface area contributed by atoms with Gasteiger partial charge in [0.25, 0.3) is 0 Å². The third-order valence-corrected chi connectivity index (χ3v) is 4.83. The molecular weight excluding hydrogens is 402 g/mol. The molecule has 0 spiro atoms. The summed E-state index contributed by atoms with van der Waals surface area (Å²) in [5.74, 6) is 0. The number of H-pyrrole nitrogens is 2. The first kappa shape index (κ1) is 19.1. The van der Waals surface area contributed by atoms with Crippen LogP contribution in [0.25, 0.3) is 26.7 Å². The summed E-state index contributed by atoms with van der Waals surface area (Å²) in [4.78, 5) is 3.41. The van der Waals surface area contributed by atoms with E-state index in [1.54, 1.807) is 6.07 Å². The smallest absolute Gasteiger partial charge is 0.188 e. The van der Waals surface area contributed by atoms with Gasteiger partial charge in [-0.05, 0) is 43.2 Å². The van der Waals surface area contributed by atoms with E-state index in [9.17, 15) is 0 Å². The molecule has 0 fully saturated rings. The fraction of sp³-hybridized carbons (Fsp3) is 0.286. The number of rotatable bonds is 4. The van der Waals surface area contributed by atoms with Gasteiger partial charge in [-0.15, -0.1) is 0 Å². The molecule has 0 bridgehead atoms. The third-order valence-electron chi connectivity index (χ3n) is 4.34. The predicted octanol–water partition coefficient (Wildman–Crippen LogP) is 6.34. The van der Waals surface area contributed by atoms with Crippen LogP contribution >= 0.6 is 15.9 Å². The van der Waals surface area contributed by atoms with Crippen molar-refractivity contribution in [3.8, 4) is 0 Å². The van der Waals surface area contributed by atoms with E-state index in [2.05, 4.69) is 61.1 Å². The molecule has 0 saturated carbocycles.